The maximum Gasteiger partial charge on any atom is 0.230 e. The molecule has 0 aromatic heterocycles. The molecule has 0 saturated carbocycles. The number of carbonyl (C=O) groups excluding carboxylic acids is 1. The SMILES string of the molecule is CCCSCC(=O)N[C@@H]1CCO[C@H]1c1ccc(F)c(F)c1. The minimum atomic E-state index is -0.897. The van der Waals surface area contributed by atoms with Crippen molar-refractivity contribution in [1.29, 1.82) is 0 Å². The predicted octanol–water partition coefficient (Wildman–Crippen LogP) is 3.05. The summed E-state index contributed by atoms with van der Waals surface area (Å²) in [4.78, 5) is 11.9. The number of benzene rings is 1. The van der Waals surface area contributed by atoms with Crippen molar-refractivity contribution in [3.05, 3.63) is 35.4 Å². The molecule has 3 nitrogen and oxygen atoms in total. The summed E-state index contributed by atoms with van der Waals surface area (Å²) in [5, 5.41) is 2.92. The Kier molecular flexibility index (Phi) is 5.99. The van der Waals surface area contributed by atoms with Gasteiger partial charge in [0, 0.05) is 6.61 Å². The topological polar surface area (TPSA) is 38.3 Å². The third-order valence-corrected chi connectivity index (χ3v) is 4.46. The molecule has 1 aromatic carbocycles. The lowest BCUT2D eigenvalue weighted by molar-refractivity contribution is -0.119. The van der Waals surface area contributed by atoms with Gasteiger partial charge in [0.15, 0.2) is 11.6 Å². The van der Waals surface area contributed by atoms with Gasteiger partial charge in [0.05, 0.1) is 11.8 Å². The van der Waals surface area contributed by atoms with Gasteiger partial charge in [-0.1, -0.05) is 13.0 Å². The van der Waals surface area contributed by atoms with Crippen molar-refractivity contribution >= 4 is 17.7 Å². The minimum Gasteiger partial charge on any atom is -0.371 e. The summed E-state index contributed by atoms with van der Waals surface area (Å²) in [6.45, 7) is 2.56. The molecule has 0 spiro atoms. The number of hydrogen-bond acceptors (Lipinski definition) is 3. The van der Waals surface area contributed by atoms with Crippen molar-refractivity contribution in [3.63, 3.8) is 0 Å². The average Bonchev–Trinajstić information content (AvgIpc) is 2.90. The molecular formula is C15H19F2NO2S. The Bertz CT molecular complexity index is 499. The van der Waals surface area contributed by atoms with Crippen LogP contribution in [0.3, 0.4) is 0 Å². The molecule has 2 atom stereocenters. The molecule has 1 heterocycles. The molecular weight excluding hydrogens is 296 g/mol. The third kappa shape index (κ3) is 4.41. The smallest absolute Gasteiger partial charge is 0.230 e. The summed E-state index contributed by atoms with van der Waals surface area (Å²) < 4.78 is 31.8. The zero-order valence-electron chi connectivity index (χ0n) is 11.9. The Morgan fingerprint density at radius 2 is 2.24 bits per heavy atom. The molecule has 1 aliphatic rings. The number of rotatable bonds is 6. The summed E-state index contributed by atoms with van der Waals surface area (Å²) in [6.07, 6.45) is 1.29. The molecule has 1 fully saturated rings. The molecule has 116 valence electrons. The fourth-order valence-electron chi connectivity index (χ4n) is 2.31. The van der Waals surface area contributed by atoms with Crippen molar-refractivity contribution in [1.82, 2.24) is 5.32 Å². The monoisotopic (exact) mass is 315 g/mol. The van der Waals surface area contributed by atoms with Crippen LogP contribution in [0, 0.1) is 11.6 Å². The van der Waals surface area contributed by atoms with Gasteiger partial charge in [-0.2, -0.15) is 11.8 Å². The second kappa shape index (κ2) is 7.75. The van der Waals surface area contributed by atoms with Crippen LogP contribution < -0.4 is 5.32 Å². The van der Waals surface area contributed by atoms with Gasteiger partial charge in [-0.3, -0.25) is 4.79 Å². The Hall–Kier alpha value is -1.14. The first kappa shape index (κ1) is 16.2. The van der Waals surface area contributed by atoms with Crippen molar-refractivity contribution < 1.29 is 18.3 Å². The van der Waals surface area contributed by atoms with E-state index in [9.17, 15) is 13.6 Å². The van der Waals surface area contributed by atoms with Crippen LogP contribution in [0.5, 0.6) is 0 Å². The van der Waals surface area contributed by atoms with E-state index in [0.29, 0.717) is 24.3 Å². The van der Waals surface area contributed by atoms with Crippen LogP contribution in [0.4, 0.5) is 8.78 Å². The standard InChI is InChI=1S/C15H19F2NO2S/c1-2-7-21-9-14(19)18-13-5-6-20-15(13)10-3-4-11(16)12(17)8-10/h3-4,8,13,15H,2,5-7,9H2,1H3,(H,18,19)/t13-,15+/m1/s1. The van der Waals surface area contributed by atoms with E-state index in [2.05, 4.69) is 12.2 Å². The lowest BCUT2D eigenvalue weighted by atomic mass is 10.0. The van der Waals surface area contributed by atoms with Crippen LogP contribution in [-0.2, 0) is 9.53 Å². The Balaban J connectivity index is 1.96. The average molecular weight is 315 g/mol. The predicted molar refractivity (Wildman–Crippen MR) is 79.2 cm³/mol. The van der Waals surface area contributed by atoms with Crippen molar-refractivity contribution in [2.45, 2.75) is 31.9 Å². The zero-order chi connectivity index (χ0) is 15.2. The van der Waals surface area contributed by atoms with E-state index < -0.39 is 17.7 Å². The number of carbonyl (C=O) groups is 1. The van der Waals surface area contributed by atoms with E-state index in [1.807, 2.05) is 0 Å². The number of hydrogen-bond donors (Lipinski definition) is 1. The molecule has 0 radical (unpaired) electrons. The summed E-state index contributed by atoms with van der Waals surface area (Å²) in [5.74, 6) is -0.466. The fourth-order valence-corrected chi connectivity index (χ4v) is 3.01. The fraction of sp³-hybridized carbons (Fsp3) is 0.533. The molecule has 1 aromatic rings. The van der Waals surface area contributed by atoms with Crippen LogP contribution in [0.15, 0.2) is 18.2 Å². The van der Waals surface area contributed by atoms with E-state index in [-0.39, 0.29) is 11.9 Å². The normalized spacial score (nSPS) is 21.5. The third-order valence-electron chi connectivity index (χ3n) is 3.29. The number of amides is 1. The lowest BCUT2D eigenvalue weighted by Crippen LogP contribution is -2.37. The second-order valence-corrected chi connectivity index (χ2v) is 6.09. The Labute approximate surface area is 127 Å². The first-order chi connectivity index (χ1) is 10.1. The quantitative estimate of drug-likeness (QED) is 0.820. The maximum absolute atomic E-state index is 13.3. The number of nitrogens with one attached hydrogen (secondary N) is 1. The highest BCUT2D eigenvalue weighted by molar-refractivity contribution is 7.99. The summed E-state index contributed by atoms with van der Waals surface area (Å²) >= 11 is 1.58. The lowest BCUT2D eigenvalue weighted by Gasteiger charge is -2.20. The van der Waals surface area contributed by atoms with Gasteiger partial charge in [0.1, 0.15) is 6.10 Å². The molecule has 1 amide bonds. The summed E-state index contributed by atoms with van der Waals surface area (Å²) in [6, 6.07) is 3.53. The van der Waals surface area contributed by atoms with Crippen molar-refractivity contribution in [3.8, 4) is 0 Å². The Morgan fingerprint density at radius 3 is 2.95 bits per heavy atom. The summed E-state index contributed by atoms with van der Waals surface area (Å²) in [7, 11) is 0. The molecule has 2 rings (SSSR count). The van der Waals surface area contributed by atoms with Gasteiger partial charge in [-0.15, -0.1) is 0 Å². The number of thioether (sulfide) groups is 1. The van der Waals surface area contributed by atoms with Gasteiger partial charge in [0.2, 0.25) is 5.91 Å². The van der Waals surface area contributed by atoms with Crippen LogP contribution >= 0.6 is 11.8 Å². The number of ether oxygens (including phenoxy) is 1. The Morgan fingerprint density at radius 1 is 1.43 bits per heavy atom. The van der Waals surface area contributed by atoms with Crippen molar-refractivity contribution in [2.24, 2.45) is 0 Å². The van der Waals surface area contributed by atoms with E-state index in [1.165, 1.54) is 6.07 Å². The highest BCUT2D eigenvalue weighted by atomic mass is 32.2. The molecule has 21 heavy (non-hydrogen) atoms. The molecule has 1 saturated heterocycles. The van der Waals surface area contributed by atoms with Gasteiger partial charge in [-0.25, -0.2) is 8.78 Å². The van der Waals surface area contributed by atoms with Crippen molar-refractivity contribution in [2.75, 3.05) is 18.1 Å². The zero-order valence-corrected chi connectivity index (χ0v) is 12.7. The highest BCUT2D eigenvalue weighted by Gasteiger charge is 2.31. The molecule has 6 heteroatoms. The number of halogens is 2. The second-order valence-electron chi connectivity index (χ2n) is 4.98. The van der Waals surface area contributed by atoms with E-state index in [0.717, 1.165) is 24.3 Å². The molecule has 1 aliphatic heterocycles. The molecule has 0 aliphatic carbocycles. The van der Waals surface area contributed by atoms with Crippen LogP contribution in [-0.4, -0.2) is 30.1 Å². The molecule has 0 bridgehead atoms. The van der Waals surface area contributed by atoms with Crippen LogP contribution in [0.2, 0.25) is 0 Å². The molecule has 1 N–H and O–H groups in total. The molecule has 0 unspecified atom stereocenters. The minimum absolute atomic E-state index is 0.0449. The maximum atomic E-state index is 13.3. The van der Waals surface area contributed by atoms with Gasteiger partial charge < -0.3 is 10.1 Å². The van der Waals surface area contributed by atoms with Gasteiger partial charge in [-0.05, 0) is 36.3 Å². The van der Waals surface area contributed by atoms with E-state index in [1.54, 1.807) is 11.8 Å². The van der Waals surface area contributed by atoms with Gasteiger partial charge >= 0.3 is 0 Å². The first-order valence-corrected chi connectivity index (χ1v) is 8.21. The largest absolute Gasteiger partial charge is 0.371 e. The van der Waals surface area contributed by atoms with Gasteiger partial charge in [0.25, 0.3) is 0 Å². The first-order valence-electron chi connectivity index (χ1n) is 7.05. The van der Waals surface area contributed by atoms with Crippen LogP contribution in [0.25, 0.3) is 0 Å². The highest BCUT2D eigenvalue weighted by Crippen LogP contribution is 2.30. The van der Waals surface area contributed by atoms with E-state index in [4.69, 9.17) is 4.74 Å². The summed E-state index contributed by atoms with van der Waals surface area (Å²) in [5.41, 5.74) is 0.554. The van der Waals surface area contributed by atoms with Crippen LogP contribution in [0.1, 0.15) is 31.4 Å². The van der Waals surface area contributed by atoms with E-state index >= 15 is 0 Å².